The molecule has 0 bridgehead atoms. The molecule has 0 atom stereocenters. The maximum absolute atomic E-state index is 11.2. The first kappa shape index (κ1) is 13.4. The van der Waals surface area contributed by atoms with Gasteiger partial charge in [-0.25, -0.2) is 0 Å². The summed E-state index contributed by atoms with van der Waals surface area (Å²) in [5, 5.41) is 0. The topological polar surface area (TPSA) is 29.5 Å². The lowest BCUT2D eigenvalue weighted by Crippen LogP contribution is -2.39. The van der Waals surface area contributed by atoms with Crippen molar-refractivity contribution in [3.8, 4) is 0 Å². The van der Waals surface area contributed by atoms with Gasteiger partial charge in [0, 0.05) is 6.04 Å². The van der Waals surface area contributed by atoms with E-state index in [4.69, 9.17) is 0 Å². The van der Waals surface area contributed by atoms with Gasteiger partial charge in [-0.05, 0) is 25.8 Å². The van der Waals surface area contributed by atoms with E-state index in [1.165, 1.54) is 7.11 Å². The number of carbonyl (C=O) groups is 1. The summed E-state index contributed by atoms with van der Waals surface area (Å²) in [6.07, 6.45) is 3.26. The number of esters is 1. The highest BCUT2D eigenvalue weighted by molar-refractivity contribution is 5.71. The van der Waals surface area contributed by atoms with Gasteiger partial charge in [-0.1, -0.05) is 20.8 Å². The van der Waals surface area contributed by atoms with Crippen molar-refractivity contribution in [3.05, 3.63) is 0 Å². The summed E-state index contributed by atoms with van der Waals surface area (Å²) in [4.78, 5) is 13.4. The molecule has 0 aromatic heterocycles. The van der Waals surface area contributed by atoms with E-state index < -0.39 is 0 Å². The van der Waals surface area contributed by atoms with Crippen LogP contribution < -0.4 is 0 Å². The summed E-state index contributed by atoms with van der Waals surface area (Å²) in [5.41, 5.74) is 0. The number of rotatable bonds is 7. The van der Waals surface area contributed by atoms with E-state index in [9.17, 15) is 4.79 Å². The molecule has 3 heteroatoms. The van der Waals surface area contributed by atoms with Crippen LogP contribution in [-0.2, 0) is 9.53 Å². The maximum atomic E-state index is 11.2. The zero-order chi connectivity index (χ0) is 11.0. The predicted molar refractivity (Wildman–Crippen MR) is 58.3 cm³/mol. The molecule has 0 unspecified atom stereocenters. The summed E-state index contributed by atoms with van der Waals surface area (Å²) in [6.45, 7) is 7.85. The van der Waals surface area contributed by atoms with Crippen LogP contribution in [0.1, 0.15) is 40.0 Å². The highest BCUT2D eigenvalue weighted by atomic mass is 16.5. The summed E-state index contributed by atoms with van der Waals surface area (Å²) >= 11 is 0. The molecule has 0 aromatic carbocycles. The van der Waals surface area contributed by atoms with E-state index >= 15 is 0 Å². The first-order chi connectivity index (χ1) is 6.69. The Morgan fingerprint density at radius 2 is 1.86 bits per heavy atom. The molecule has 0 heterocycles. The molecule has 84 valence electrons. The van der Waals surface area contributed by atoms with Crippen LogP contribution in [0, 0.1) is 0 Å². The summed E-state index contributed by atoms with van der Waals surface area (Å²) < 4.78 is 4.69. The van der Waals surface area contributed by atoms with Crippen LogP contribution in [0.25, 0.3) is 0 Å². The van der Waals surface area contributed by atoms with Crippen LogP contribution in [-0.4, -0.2) is 37.1 Å². The average molecular weight is 201 g/mol. The number of hydrogen-bond acceptors (Lipinski definition) is 3. The molecule has 0 radical (unpaired) electrons. The van der Waals surface area contributed by atoms with Crippen molar-refractivity contribution in [1.82, 2.24) is 4.90 Å². The number of carbonyl (C=O) groups excluding carboxylic acids is 1. The minimum Gasteiger partial charge on any atom is -0.468 e. The molecule has 0 saturated carbocycles. The second-order valence-electron chi connectivity index (χ2n) is 3.52. The molecule has 14 heavy (non-hydrogen) atoms. The predicted octanol–water partition coefficient (Wildman–Crippen LogP) is 2.06. The summed E-state index contributed by atoms with van der Waals surface area (Å²) in [5.74, 6) is -0.134. The highest BCUT2D eigenvalue weighted by Gasteiger charge is 2.17. The van der Waals surface area contributed by atoms with Crippen LogP contribution in [0.3, 0.4) is 0 Å². The second kappa shape index (κ2) is 7.80. The molecule has 0 aliphatic carbocycles. The number of hydrogen-bond donors (Lipinski definition) is 0. The molecule has 0 aliphatic heterocycles. The molecule has 0 aliphatic rings. The fourth-order valence-electron chi connectivity index (χ4n) is 1.71. The normalized spacial score (nSPS) is 11.0. The van der Waals surface area contributed by atoms with Gasteiger partial charge in [0.1, 0.15) is 0 Å². The third kappa shape index (κ3) is 4.61. The first-order valence-corrected chi connectivity index (χ1v) is 5.50. The Labute approximate surface area is 87.4 Å². The standard InChI is InChI=1S/C11H23NO2/c1-5-8-12(9-11(13)14-4)10(6-2)7-3/h10H,5-9H2,1-4H3. The Morgan fingerprint density at radius 3 is 2.21 bits per heavy atom. The molecule has 0 fully saturated rings. The lowest BCUT2D eigenvalue weighted by molar-refractivity contribution is -0.142. The van der Waals surface area contributed by atoms with Crippen LogP contribution in [0.5, 0.6) is 0 Å². The molecule has 0 amide bonds. The Bertz CT molecular complexity index is 155. The van der Waals surface area contributed by atoms with Crippen LogP contribution >= 0.6 is 0 Å². The second-order valence-corrected chi connectivity index (χ2v) is 3.52. The van der Waals surface area contributed by atoms with Crippen molar-refractivity contribution < 1.29 is 9.53 Å². The smallest absolute Gasteiger partial charge is 0.319 e. The van der Waals surface area contributed by atoms with Gasteiger partial charge >= 0.3 is 5.97 Å². The Hall–Kier alpha value is -0.570. The van der Waals surface area contributed by atoms with Gasteiger partial charge in [0.15, 0.2) is 0 Å². The van der Waals surface area contributed by atoms with E-state index in [1.54, 1.807) is 0 Å². The van der Waals surface area contributed by atoms with Crippen LogP contribution in [0.4, 0.5) is 0 Å². The fourth-order valence-corrected chi connectivity index (χ4v) is 1.71. The van der Waals surface area contributed by atoms with Crippen molar-refractivity contribution in [2.45, 2.75) is 46.1 Å². The third-order valence-electron chi connectivity index (χ3n) is 2.53. The SMILES string of the molecule is CCCN(CC(=O)OC)C(CC)CC. The Kier molecular flexibility index (Phi) is 7.48. The molecule has 3 nitrogen and oxygen atoms in total. The molecule has 0 spiro atoms. The molecule has 0 saturated heterocycles. The zero-order valence-electron chi connectivity index (χ0n) is 9.88. The Balaban J connectivity index is 4.17. The van der Waals surface area contributed by atoms with Gasteiger partial charge in [-0.15, -0.1) is 0 Å². The quantitative estimate of drug-likeness (QED) is 0.590. The van der Waals surface area contributed by atoms with Gasteiger partial charge in [-0.2, -0.15) is 0 Å². The van der Waals surface area contributed by atoms with E-state index in [2.05, 4.69) is 30.4 Å². The lowest BCUT2D eigenvalue weighted by Gasteiger charge is -2.28. The van der Waals surface area contributed by atoms with E-state index in [1.807, 2.05) is 0 Å². The minimum absolute atomic E-state index is 0.134. The number of ether oxygens (including phenoxy) is 1. The monoisotopic (exact) mass is 201 g/mol. The van der Waals surface area contributed by atoms with Gasteiger partial charge in [-0.3, -0.25) is 9.69 Å². The molecular formula is C11H23NO2. The average Bonchev–Trinajstić information content (AvgIpc) is 2.19. The third-order valence-corrected chi connectivity index (χ3v) is 2.53. The van der Waals surface area contributed by atoms with E-state index in [0.29, 0.717) is 12.6 Å². The van der Waals surface area contributed by atoms with Crippen molar-refractivity contribution in [2.24, 2.45) is 0 Å². The lowest BCUT2D eigenvalue weighted by atomic mass is 10.1. The van der Waals surface area contributed by atoms with Crippen molar-refractivity contribution in [2.75, 3.05) is 20.2 Å². The maximum Gasteiger partial charge on any atom is 0.319 e. The van der Waals surface area contributed by atoms with Gasteiger partial charge < -0.3 is 4.74 Å². The van der Waals surface area contributed by atoms with Crippen LogP contribution in [0.15, 0.2) is 0 Å². The minimum atomic E-state index is -0.134. The van der Waals surface area contributed by atoms with E-state index in [-0.39, 0.29) is 5.97 Å². The summed E-state index contributed by atoms with van der Waals surface area (Å²) in [6, 6.07) is 0.508. The largest absolute Gasteiger partial charge is 0.468 e. The summed E-state index contributed by atoms with van der Waals surface area (Å²) in [7, 11) is 1.44. The Morgan fingerprint density at radius 1 is 1.29 bits per heavy atom. The number of methoxy groups -OCH3 is 1. The number of nitrogens with zero attached hydrogens (tertiary/aromatic N) is 1. The van der Waals surface area contributed by atoms with Crippen molar-refractivity contribution in [3.63, 3.8) is 0 Å². The van der Waals surface area contributed by atoms with Gasteiger partial charge in [0.25, 0.3) is 0 Å². The van der Waals surface area contributed by atoms with E-state index in [0.717, 1.165) is 25.8 Å². The molecular weight excluding hydrogens is 178 g/mol. The highest BCUT2D eigenvalue weighted by Crippen LogP contribution is 2.08. The zero-order valence-corrected chi connectivity index (χ0v) is 9.88. The molecule has 0 rings (SSSR count). The van der Waals surface area contributed by atoms with Gasteiger partial charge in [0.2, 0.25) is 0 Å². The van der Waals surface area contributed by atoms with Crippen molar-refractivity contribution in [1.29, 1.82) is 0 Å². The van der Waals surface area contributed by atoms with Crippen molar-refractivity contribution >= 4 is 5.97 Å². The van der Waals surface area contributed by atoms with Gasteiger partial charge in [0.05, 0.1) is 13.7 Å². The first-order valence-electron chi connectivity index (χ1n) is 5.50. The van der Waals surface area contributed by atoms with Crippen LogP contribution in [0.2, 0.25) is 0 Å². The molecule has 0 N–H and O–H groups in total. The fraction of sp³-hybridized carbons (Fsp3) is 0.909. The molecule has 0 aromatic rings.